The second kappa shape index (κ2) is 7.62. The normalized spacial score (nSPS) is 8.36. The Morgan fingerprint density at radius 3 is 1.73 bits per heavy atom. The van der Waals surface area contributed by atoms with E-state index in [2.05, 4.69) is 0 Å². The molecule has 0 bridgehead atoms. The number of rotatable bonds is 3. The Hall–Kier alpha value is 0.976. The van der Waals surface area contributed by atoms with Gasteiger partial charge in [-0.2, -0.15) is 13.8 Å². The molecule has 0 fully saturated rings. The van der Waals surface area contributed by atoms with Crippen LogP contribution in [0.3, 0.4) is 0 Å². The molecule has 0 aromatic heterocycles. The summed E-state index contributed by atoms with van der Waals surface area (Å²) in [6, 6.07) is 0. The zero-order valence-corrected chi connectivity index (χ0v) is 11.4. The van der Waals surface area contributed by atoms with Crippen molar-refractivity contribution in [3.05, 3.63) is 5.92 Å². The minimum absolute atomic E-state index is 0. The molecule has 0 heterocycles. The molecule has 0 saturated heterocycles. The van der Waals surface area contributed by atoms with Gasteiger partial charge in [0, 0.05) is 13.1 Å². The molecule has 0 aromatic carbocycles. The van der Waals surface area contributed by atoms with Crippen LogP contribution >= 0.6 is 0 Å². The summed E-state index contributed by atoms with van der Waals surface area (Å²) in [7, 11) is 0. The molecule has 60 valence electrons. The van der Waals surface area contributed by atoms with Gasteiger partial charge in [0.2, 0.25) is 0 Å². The molecule has 0 unspecified atom stereocenters. The van der Waals surface area contributed by atoms with Crippen molar-refractivity contribution in [2.75, 3.05) is 13.1 Å². The van der Waals surface area contributed by atoms with Crippen LogP contribution < -0.4 is 51.4 Å². The van der Waals surface area contributed by atoms with E-state index in [1.165, 1.54) is 0 Å². The molecule has 0 rings (SSSR count). The summed E-state index contributed by atoms with van der Waals surface area (Å²) >= 11 is 0. The first-order chi connectivity index (χ1) is 4.63. The van der Waals surface area contributed by atoms with E-state index in [0.29, 0.717) is 0 Å². The fourth-order valence-electron chi connectivity index (χ4n) is 0.827. The topological polar surface area (TPSA) is 20.3 Å². The molecule has 1 amide bonds. The Morgan fingerprint density at radius 1 is 1.27 bits per heavy atom. The second-order valence-electron chi connectivity index (χ2n) is 2.48. The quantitative estimate of drug-likeness (QED) is 0.382. The van der Waals surface area contributed by atoms with E-state index in [9.17, 15) is 4.79 Å². The van der Waals surface area contributed by atoms with Gasteiger partial charge in [0.1, 0.15) is 0 Å². The van der Waals surface area contributed by atoms with E-state index in [4.69, 9.17) is 0 Å². The van der Waals surface area contributed by atoms with Gasteiger partial charge in [-0.1, -0.05) is 0 Å². The summed E-state index contributed by atoms with van der Waals surface area (Å²) in [6.45, 7) is 9.29. The third kappa shape index (κ3) is 5.25. The molecule has 0 radical (unpaired) electrons. The van der Waals surface area contributed by atoms with Gasteiger partial charge < -0.3 is 9.69 Å². The third-order valence-electron chi connectivity index (χ3n) is 1.48. The second-order valence-corrected chi connectivity index (χ2v) is 2.48. The smallest absolute Gasteiger partial charge is 0.368 e. The van der Waals surface area contributed by atoms with Gasteiger partial charge in [0.05, 0.1) is 5.91 Å². The van der Waals surface area contributed by atoms with E-state index < -0.39 is 0 Å². The summed E-state index contributed by atoms with van der Waals surface area (Å²) in [5, 5.41) is 0. The number of carbonyl (C=O) groups excluding carboxylic acids is 1. The Labute approximate surface area is 112 Å². The molecule has 0 aromatic rings. The summed E-state index contributed by atoms with van der Waals surface area (Å²) in [5.74, 6) is 1.04. The molecule has 0 spiro atoms. The molecule has 11 heavy (non-hydrogen) atoms. The van der Waals surface area contributed by atoms with Crippen molar-refractivity contribution in [3.8, 4) is 0 Å². The SMILES string of the molecule is CCN(CC)C(=O)[C-](C)C.[K+]. The summed E-state index contributed by atoms with van der Waals surface area (Å²) in [4.78, 5) is 13.0. The molecular weight excluding hydrogens is 165 g/mol. The monoisotopic (exact) mass is 181 g/mol. The maximum atomic E-state index is 11.2. The van der Waals surface area contributed by atoms with Crippen molar-refractivity contribution in [2.24, 2.45) is 0 Å². The fourth-order valence-corrected chi connectivity index (χ4v) is 0.827. The van der Waals surface area contributed by atoms with Crippen LogP contribution in [-0.4, -0.2) is 23.9 Å². The van der Waals surface area contributed by atoms with E-state index in [1.807, 2.05) is 32.6 Å². The van der Waals surface area contributed by atoms with Crippen LogP contribution in [0.15, 0.2) is 0 Å². The van der Waals surface area contributed by atoms with Crippen LogP contribution in [-0.2, 0) is 4.79 Å². The molecule has 0 aliphatic heterocycles. The van der Waals surface area contributed by atoms with Crippen LogP contribution in [0.25, 0.3) is 0 Å². The maximum Gasteiger partial charge on any atom is 1.00 e. The van der Waals surface area contributed by atoms with Gasteiger partial charge in [-0.05, 0) is 13.8 Å². The minimum atomic E-state index is 0. The van der Waals surface area contributed by atoms with E-state index in [1.54, 1.807) is 0 Å². The van der Waals surface area contributed by atoms with Gasteiger partial charge in [-0.15, -0.1) is 0 Å². The standard InChI is InChI=1S/C8H16NO.K/c1-5-9(6-2)8(10)7(3)4;/h5-6H2,1-4H3;/q-1;+1. The zero-order chi connectivity index (χ0) is 8.15. The van der Waals surface area contributed by atoms with Crippen molar-refractivity contribution in [1.29, 1.82) is 0 Å². The Kier molecular flexibility index (Phi) is 10.0. The molecule has 0 aliphatic carbocycles. The molecule has 0 N–H and O–H groups in total. The average molecular weight is 181 g/mol. The molecular formula is C8H16KNO. The molecule has 0 aliphatic rings. The van der Waals surface area contributed by atoms with E-state index in [0.717, 1.165) is 19.0 Å². The van der Waals surface area contributed by atoms with Crippen LogP contribution in [0.5, 0.6) is 0 Å². The van der Waals surface area contributed by atoms with Crippen LogP contribution in [0.1, 0.15) is 27.7 Å². The minimum Gasteiger partial charge on any atom is -0.368 e. The van der Waals surface area contributed by atoms with Crippen LogP contribution in [0.4, 0.5) is 0 Å². The number of hydrogen-bond donors (Lipinski definition) is 0. The Bertz CT molecular complexity index is 111. The number of hydrogen-bond acceptors (Lipinski definition) is 1. The van der Waals surface area contributed by atoms with Gasteiger partial charge in [-0.25, -0.2) is 0 Å². The first-order valence-corrected chi connectivity index (χ1v) is 3.72. The molecule has 3 heteroatoms. The number of carbonyl (C=O) groups is 1. The van der Waals surface area contributed by atoms with Gasteiger partial charge in [-0.3, -0.25) is 5.92 Å². The summed E-state index contributed by atoms with van der Waals surface area (Å²) < 4.78 is 0. The maximum absolute atomic E-state index is 11.2. The van der Waals surface area contributed by atoms with Crippen molar-refractivity contribution in [1.82, 2.24) is 4.90 Å². The van der Waals surface area contributed by atoms with Crippen LogP contribution in [0.2, 0.25) is 0 Å². The molecule has 0 saturated carbocycles. The fraction of sp³-hybridized carbons (Fsp3) is 0.750. The largest absolute Gasteiger partial charge is 1.00 e. The first kappa shape index (κ1) is 14.5. The predicted molar refractivity (Wildman–Crippen MR) is 42.5 cm³/mol. The van der Waals surface area contributed by atoms with E-state index in [-0.39, 0.29) is 57.3 Å². The predicted octanol–water partition coefficient (Wildman–Crippen LogP) is -1.53. The third-order valence-corrected chi connectivity index (χ3v) is 1.48. The van der Waals surface area contributed by atoms with E-state index >= 15 is 0 Å². The average Bonchev–Trinajstić information content (AvgIpc) is 1.90. The summed E-state index contributed by atoms with van der Waals surface area (Å²) in [6.07, 6.45) is 0. The first-order valence-electron chi connectivity index (χ1n) is 3.72. The van der Waals surface area contributed by atoms with Gasteiger partial charge in [0.25, 0.3) is 0 Å². The van der Waals surface area contributed by atoms with Gasteiger partial charge in [0.15, 0.2) is 0 Å². The molecule has 0 atom stereocenters. The van der Waals surface area contributed by atoms with Crippen molar-refractivity contribution >= 4 is 5.91 Å². The number of nitrogens with zero attached hydrogens (tertiary/aromatic N) is 1. The zero-order valence-electron chi connectivity index (χ0n) is 8.27. The molecule has 2 nitrogen and oxygen atoms in total. The van der Waals surface area contributed by atoms with Crippen molar-refractivity contribution in [3.63, 3.8) is 0 Å². The Balaban J connectivity index is 0. The van der Waals surface area contributed by atoms with Crippen LogP contribution in [0, 0.1) is 5.92 Å². The van der Waals surface area contributed by atoms with Crippen molar-refractivity contribution < 1.29 is 56.2 Å². The number of amides is 1. The Morgan fingerprint density at radius 2 is 1.64 bits per heavy atom. The summed E-state index contributed by atoms with van der Waals surface area (Å²) in [5.41, 5.74) is 0. The van der Waals surface area contributed by atoms with Crippen molar-refractivity contribution in [2.45, 2.75) is 27.7 Å². The van der Waals surface area contributed by atoms with Gasteiger partial charge >= 0.3 is 51.4 Å².